The average Bonchev–Trinajstić information content (AvgIpc) is 3.13. The molecule has 2 aromatic carbocycles. The van der Waals surface area contributed by atoms with Gasteiger partial charge in [-0.25, -0.2) is 8.42 Å². The molecule has 6 heteroatoms. The Balaban J connectivity index is 1.72. The number of anilines is 1. The molecule has 23 heavy (non-hydrogen) atoms. The Labute approximate surface area is 135 Å². The summed E-state index contributed by atoms with van der Waals surface area (Å²) in [4.78, 5) is 12.8. The zero-order valence-electron chi connectivity index (χ0n) is 12.4. The quantitative estimate of drug-likeness (QED) is 0.916. The molecule has 2 aromatic rings. The van der Waals surface area contributed by atoms with E-state index in [2.05, 4.69) is 5.32 Å². The van der Waals surface area contributed by atoms with Gasteiger partial charge in [0.05, 0.1) is 10.3 Å². The first kappa shape index (κ1) is 14.4. The standard InChI is InChI=1S/C17H16N2O3S/c20-16-17(14-8-4-5-9-15(14)18-16)10-11-19(12-17)23(21,22)13-6-2-1-3-7-13/h1-9H,10-12H2,(H,18,20). The van der Waals surface area contributed by atoms with Crippen molar-refractivity contribution in [2.75, 3.05) is 18.4 Å². The zero-order chi connectivity index (χ0) is 16.1. The monoisotopic (exact) mass is 328 g/mol. The van der Waals surface area contributed by atoms with Gasteiger partial charge in [-0.15, -0.1) is 0 Å². The van der Waals surface area contributed by atoms with Gasteiger partial charge in [0.2, 0.25) is 15.9 Å². The summed E-state index contributed by atoms with van der Waals surface area (Å²) < 4.78 is 27.0. The molecule has 1 unspecified atom stereocenters. The van der Waals surface area contributed by atoms with E-state index in [4.69, 9.17) is 0 Å². The van der Waals surface area contributed by atoms with E-state index >= 15 is 0 Å². The second kappa shape index (κ2) is 4.91. The normalized spacial score (nSPS) is 23.9. The summed E-state index contributed by atoms with van der Waals surface area (Å²) in [5.74, 6) is -0.107. The maximum atomic E-state index is 12.8. The van der Waals surface area contributed by atoms with Gasteiger partial charge < -0.3 is 5.32 Å². The van der Waals surface area contributed by atoms with Crippen LogP contribution in [0, 0.1) is 0 Å². The van der Waals surface area contributed by atoms with Gasteiger partial charge in [0.25, 0.3) is 0 Å². The third-order valence-corrected chi connectivity index (χ3v) is 6.60. The predicted molar refractivity (Wildman–Crippen MR) is 86.6 cm³/mol. The summed E-state index contributed by atoms with van der Waals surface area (Å²) in [5, 5.41) is 2.88. The summed E-state index contributed by atoms with van der Waals surface area (Å²) in [5.41, 5.74) is 0.922. The number of carbonyl (C=O) groups excluding carboxylic acids is 1. The Morgan fingerprint density at radius 1 is 1.00 bits per heavy atom. The molecular weight excluding hydrogens is 312 g/mol. The number of rotatable bonds is 2. The first-order valence-electron chi connectivity index (χ1n) is 7.50. The van der Waals surface area contributed by atoms with Gasteiger partial charge in [-0.3, -0.25) is 4.79 Å². The summed E-state index contributed by atoms with van der Waals surface area (Å²) in [6.45, 7) is 0.534. The van der Waals surface area contributed by atoms with E-state index < -0.39 is 15.4 Å². The van der Waals surface area contributed by atoms with Gasteiger partial charge in [-0.1, -0.05) is 36.4 Å². The van der Waals surface area contributed by atoms with E-state index in [1.165, 1.54) is 4.31 Å². The number of hydrogen-bond donors (Lipinski definition) is 1. The van der Waals surface area contributed by atoms with Crippen molar-refractivity contribution >= 4 is 21.6 Å². The molecule has 1 N–H and O–H groups in total. The van der Waals surface area contributed by atoms with Gasteiger partial charge >= 0.3 is 0 Å². The third kappa shape index (κ3) is 2.02. The van der Waals surface area contributed by atoms with Crippen LogP contribution in [0.2, 0.25) is 0 Å². The van der Waals surface area contributed by atoms with Crippen molar-refractivity contribution in [3.05, 3.63) is 60.2 Å². The highest BCUT2D eigenvalue weighted by molar-refractivity contribution is 7.89. The smallest absolute Gasteiger partial charge is 0.243 e. The second-order valence-electron chi connectivity index (χ2n) is 5.98. The SMILES string of the molecule is O=C1Nc2ccccc2C12CCN(S(=O)(=O)c1ccccc1)C2. The minimum Gasteiger partial charge on any atom is -0.325 e. The molecule has 4 rings (SSSR count). The van der Waals surface area contributed by atoms with Crippen LogP contribution in [-0.4, -0.2) is 31.7 Å². The molecule has 0 saturated carbocycles. The number of carbonyl (C=O) groups is 1. The Kier molecular flexibility index (Phi) is 3.08. The molecule has 1 atom stereocenters. The minimum atomic E-state index is -3.57. The zero-order valence-corrected chi connectivity index (χ0v) is 13.2. The molecule has 1 spiro atoms. The van der Waals surface area contributed by atoms with E-state index in [-0.39, 0.29) is 17.3 Å². The Bertz CT molecular complexity index is 880. The van der Waals surface area contributed by atoms with Crippen molar-refractivity contribution < 1.29 is 13.2 Å². The van der Waals surface area contributed by atoms with Gasteiger partial charge in [-0.2, -0.15) is 4.31 Å². The molecule has 0 bridgehead atoms. The summed E-state index contributed by atoms with van der Waals surface area (Å²) in [7, 11) is -3.57. The fraction of sp³-hybridized carbons (Fsp3) is 0.235. The van der Waals surface area contributed by atoms with Gasteiger partial charge in [-0.05, 0) is 30.2 Å². The molecular formula is C17H16N2O3S. The Hall–Kier alpha value is -2.18. The molecule has 1 saturated heterocycles. The average molecular weight is 328 g/mol. The van der Waals surface area contributed by atoms with Crippen molar-refractivity contribution in [3.8, 4) is 0 Å². The third-order valence-electron chi connectivity index (χ3n) is 4.74. The largest absolute Gasteiger partial charge is 0.325 e. The van der Waals surface area contributed by atoms with Crippen LogP contribution in [0.5, 0.6) is 0 Å². The number of nitrogens with one attached hydrogen (secondary N) is 1. The molecule has 0 aliphatic carbocycles. The molecule has 0 aromatic heterocycles. The van der Waals surface area contributed by atoms with Crippen LogP contribution in [0.1, 0.15) is 12.0 Å². The van der Waals surface area contributed by atoms with Crippen LogP contribution < -0.4 is 5.32 Å². The lowest BCUT2D eigenvalue weighted by molar-refractivity contribution is -0.120. The fourth-order valence-electron chi connectivity index (χ4n) is 3.50. The molecule has 0 radical (unpaired) electrons. The first-order valence-corrected chi connectivity index (χ1v) is 8.94. The number of amides is 1. The van der Waals surface area contributed by atoms with Gasteiger partial charge in [0.15, 0.2) is 0 Å². The minimum absolute atomic E-state index is 0.107. The van der Waals surface area contributed by atoms with E-state index in [9.17, 15) is 13.2 Å². The highest BCUT2D eigenvalue weighted by atomic mass is 32.2. The highest BCUT2D eigenvalue weighted by Gasteiger charge is 2.53. The van der Waals surface area contributed by atoms with Crippen LogP contribution in [0.3, 0.4) is 0 Å². The molecule has 2 heterocycles. The maximum absolute atomic E-state index is 12.8. The Morgan fingerprint density at radius 3 is 2.48 bits per heavy atom. The van der Waals surface area contributed by atoms with Crippen LogP contribution >= 0.6 is 0 Å². The summed E-state index contributed by atoms with van der Waals surface area (Å²) >= 11 is 0. The maximum Gasteiger partial charge on any atom is 0.243 e. The molecule has 5 nitrogen and oxygen atoms in total. The fourth-order valence-corrected chi connectivity index (χ4v) is 5.02. The molecule has 2 aliphatic heterocycles. The Morgan fingerprint density at radius 2 is 1.70 bits per heavy atom. The molecule has 1 amide bonds. The summed E-state index contributed by atoms with van der Waals surface area (Å²) in [6.07, 6.45) is 0.502. The number of nitrogens with zero attached hydrogens (tertiary/aromatic N) is 1. The number of sulfonamides is 1. The van der Waals surface area contributed by atoms with Crippen molar-refractivity contribution in [2.24, 2.45) is 0 Å². The molecule has 2 aliphatic rings. The number of benzene rings is 2. The van der Waals surface area contributed by atoms with Crippen LogP contribution in [0.4, 0.5) is 5.69 Å². The van der Waals surface area contributed by atoms with E-state index in [0.717, 1.165) is 11.3 Å². The van der Waals surface area contributed by atoms with Crippen LogP contribution in [0.15, 0.2) is 59.5 Å². The van der Waals surface area contributed by atoms with Crippen molar-refractivity contribution in [2.45, 2.75) is 16.7 Å². The van der Waals surface area contributed by atoms with E-state index in [0.29, 0.717) is 13.0 Å². The number of hydrogen-bond acceptors (Lipinski definition) is 3. The topological polar surface area (TPSA) is 66.5 Å². The van der Waals surface area contributed by atoms with Crippen molar-refractivity contribution in [3.63, 3.8) is 0 Å². The number of para-hydroxylation sites is 1. The van der Waals surface area contributed by atoms with Gasteiger partial charge in [0, 0.05) is 18.8 Å². The molecule has 118 valence electrons. The van der Waals surface area contributed by atoms with Crippen LogP contribution in [0.25, 0.3) is 0 Å². The van der Waals surface area contributed by atoms with Crippen molar-refractivity contribution in [1.82, 2.24) is 4.31 Å². The number of fused-ring (bicyclic) bond motifs is 2. The lowest BCUT2D eigenvalue weighted by atomic mass is 9.81. The van der Waals surface area contributed by atoms with Crippen LogP contribution in [-0.2, 0) is 20.2 Å². The van der Waals surface area contributed by atoms with Crippen molar-refractivity contribution in [1.29, 1.82) is 0 Å². The predicted octanol–water partition coefficient (Wildman–Crippen LogP) is 1.97. The lowest BCUT2D eigenvalue weighted by Gasteiger charge is -2.22. The first-order chi connectivity index (χ1) is 11.0. The summed E-state index contributed by atoms with van der Waals surface area (Å²) in [6, 6.07) is 15.9. The second-order valence-corrected chi connectivity index (χ2v) is 7.92. The van der Waals surface area contributed by atoms with E-state index in [1.807, 2.05) is 24.3 Å². The lowest BCUT2D eigenvalue weighted by Crippen LogP contribution is -2.39. The van der Waals surface area contributed by atoms with E-state index in [1.54, 1.807) is 30.3 Å². The van der Waals surface area contributed by atoms with Gasteiger partial charge in [0.1, 0.15) is 0 Å². The molecule has 1 fully saturated rings. The highest BCUT2D eigenvalue weighted by Crippen LogP contribution is 2.45.